The third-order valence-electron chi connectivity index (χ3n) is 2.45. The zero-order valence-corrected chi connectivity index (χ0v) is 10.0. The third kappa shape index (κ3) is 7.07. The molecule has 2 heteroatoms. The van der Waals surface area contributed by atoms with Crippen molar-refractivity contribution in [1.82, 2.24) is 4.90 Å². The molecule has 14 heavy (non-hydrogen) atoms. The normalized spacial score (nSPS) is 17.1. The van der Waals surface area contributed by atoms with Crippen LogP contribution in [0.2, 0.25) is 0 Å². The van der Waals surface area contributed by atoms with E-state index < -0.39 is 0 Å². The highest BCUT2D eigenvalue weighted by Crippen LogP contribution is 2.09. The number of nitrogens with zero attached hydrogens (tertiary/aromatic N) is 1. The molecule has 1 aliphatic rings. The summed E-state index contributed by atoms with van der Waals surface area (Å²) in [7, 11) is 0. The maximum atomic E-state index is 10.7. The van der Waals surface area contributed by atoms with E-state index in [-0.39, 0.29) is 0 Å². The molecule has 0 amide bonds. The Kier molecular flexibility index (Phi) is 8.95. The van der Waals surface area contributed by atoms with Crippen molar-refractivity contribution in [1.29, 1.82) is 0 Å². The third-order valence-corrected chi connectivity index (χ3v) is 2.45. The summed E-state index contributed by atoms with van der Waals surface area (Å²) >= 11 is 0. The van der Waals surface area contributed by atoms with E-state index in [1.807, 2.05) is 13.8 Å². The molecule has 0 radical (unpaired) electrons. The van der Waals surface area contributed by atoms with E-state index in [0.29, 0.717) is 5.78 Å². The van der Waals surface area contributed by atoms with Crippen molar-refractivity contribution >= 4 is 5.78 Å². The number of carbonyl (C=O) groups excluding carboxylic acids is 1. The minimum absolute atomic E-state index is 0.326. The molecule has 2 nitrogen and oxygen atoms in total. The van der Waals surface area contributed by atoms with Gasteiger partial charge in [-0.2, -0.15) is 0 Å². The number of likely N-dealkylation sites (tertiary alicyclic amines) is 1. The van der Waals surface area contributed by atoms with Crippen LogP contribution in [0.5, 0.6) is 0 Å². The zero-order valence-electron chi connectivity index (χ0n) is 10.0. The lowest BCUT2D eigenvalue weighted by Gasteiger charge is -2.25. The van der Waals surface area contributed by atoms with Crippen LogP contribution in [0.4, 0.5) is 0 Å². The minimum atomic E-state index is 0.326. The standard InChI is InChI=1S/C10H19NO.C2H6/c1-10(12)6-5-9-11-7-3-2-4-8-11;1-2/h2-9H2,1H3;1-2H3. The molecule has 0 bridgehead atoms. The molecule has 84 valence electrons. The number of hydrogen-bond acceptors (Lipinski definition) is 2. The van der Waals surface area contributed by atoms with Gasteiger partial charge in [-0.05, 0) is 45.8 Å². The second-order valence-corrected chi connectivity index (χ2v) is 3.71. The van der Waals surface area contributed by atoms with Crippen molar-refractivity contribution in [2.75, 3.05) is 19.6 Å². The van der Waals surface area contributed by atoms with Gasteiger partial charge in [0.05, 0.1) is 0 Å². The molecule has 0 aromatic heterocycles. The fourth-order valence-corrected chi connectivity index (χ4v) is 1.73. The Hall–Kier alpha value is -0.370. The summed E-state index contributed by atoms with van der Waals surface area (Å²) in [6.45, 7) is 9.30. The van der Waals surface area contributed by atoms with Gasteiger partial charge >= 0.3 is 0 Å². The summed E-state index contributed by atoms with van der Waals surface area (Å²) in [4.78, 5) is 13.1. The second kappa shape index (κ2) is 9.20. The van der Waals surface area contributed by atoms with Crippen LogP contribution >= 0.6 is 0 Å². The van der Waals surface area contributed by atoms with Crippen LogP contribution in [0.3, 0.4) is 0 Å². The van der Waals surface area contributed by atoms with Gasteiger partial charge in [0.2, 0.25) is 0 Å². The summed E-state index contributed by atoms with van der Waals surface area (Å²) in [6, 6.07) is 0. The lowest BCUT2D eigenvalue weighted by molar-refractivity contribution is -0.117. The molecular formula is C12H25NO. The van der Waals surface area contributed by atoms with E-state index in [1.54, 1.807) is 6.92 Å². The van der Waals surface area contributed by atoms with Gasteiger partial charge in [0.15, 0.2) is 0 Å². The van der Waals surface area contributed by atoms with Gasteiger partial charge in [0, 0.05) is 6.42 Å². The van der Waals surface area contributed by atoms with Crippen LogP contribution < -0.4 is 0 Å². The first-order chi connectivity index (χ1) is 6.79. The number of ketones is 1. The number of piperidine rings is 1. The summed E-state index contributed by atoms with van der Waals surface area (Å²) in [5, 5.41) is 0. The highest BCUT2D eigenvalue weighted by Gasteiger charge is 2.08. The van der Waals surface area contributed by atoms with Crippen LogP contribution in [0, 0.1) is 0 Å². The number of Topliss-reactive ketones (excluding diaryl/α,β-unsaturated/α-hetero) is 1. The topological polar surface area (TPSA) is 20.3 Å². The summed E-state index contributed by atoms with van der Waals surface area (Å²) in [5.74, 6) is 0.326. The molecule has 0 N–H and O–H groups in total. The SMILES string of the molecule is CC.CC(=O)CCCN1CCCCC1. The van der Waals surface area contributed by atoms with E-state index in [0.717, 1.165) is 19.4 Å². The predicted octanol–water partition coefficient (Wildman–Crippen LogP) is 2.87. The zero-order chi connectivity index (χ0) is 10.8. The molecule has 1 aliphatic heterocycles. The molecule has 1 saturated heterocycles. The highest BCUT2D eigenvalue weighted by molar-refractivity contribution is 5.75. The van der Waals surface area contributed by atoms with Crippen molar-refractivity contribution < 1.29 is 4.79 Å². The Bertz CT molecular complexity index is 139. The molecular weight excluding hydrogens is 174 g/mol. The van der Waals surface area contributed by atoms with E-state index in [4.69, 9.17) is 0 Å². The number of carbonyl (C=O) groups is 1. The first-order valence-electron chi connectivity index (χ1n) is 6.01. The Morgan fingerprint density at radius 1 is 1.14 bits per heavy atom. The fraction of sp³-hybridized carbons (Fsp3) is 0.917. The summed E-state index contributed by atoms with van der Waals surface area (Å²) < 4.78 is 0. The van der Waals surface area contributed by atoms with Gasteiger partial charge in [0.1, 0.15) is 5.78 Å². The smallest absolute Gasteiger partial charge is 0.129 e. The van der Waals surface area contributed by atoms with Crippen molar-refractivity contribution in [3.8, 4) is 0 Å². The molecule has 0 saturated carbocycles. The van der Waals surface area contributed by atoms with Gasteiger partial charge in [0.25, 0.3) is 0 Å². The molecule has 1 rings (SSSR count). The molecule has 1 fully saturated rings. The molecule has 0 atom stereocenters. The average Bonchev–Trinajstić information content (AvgIpc) is 2.22. The average molecular weight is 199 g/mol. The lowest BCUT2D eigenvalue weighted by atomic mass is 10.1. The van der Waals surface area contributed by atoms with Crippen molar-refractivity contribution in [3.05, 3.63) is 0 Å². The van der Waals surface area contributed by atoms with E-state index in [9.17, 15) is 4.79 Å². The number of hydrogen-bond donors (Lipinski definition) is 0. The van der Waals surface area contributed by atoms with Crippen molar-refractivity contribution in [3.63, 3.8) is 0 Å². The van der Waals surface area contributed by atoms with Gasteiger partial charge in [-0.3, -0.25) is 0 Å². The maximum Gasteiger partial charge on any atom is 0.129 e. The molecule has 0 aromatic carbocycles. The van der Waals surface area contributed by atoms with Crippen LogP contribution in [0.1, 0.15) is 52.9 Å². The lowest BCUT2D eigenvalue weighted by Crippen LogP contribution is -2.30. The highest BCUT2D eigenvalue weighted by atomic mass is 16.1. The minimum Gasteiger partial charge on any atom is -0.303 e. The molecule has 0 aromatic rings. The summed E-state index contributed by atoms with van der Waals surface area (Å²) in [5.41, 5.74) is 0. The van der Waals surface area contributed by atoms with Crippen molar-refractivity contribution in [2.45, 2.75) is 52.9 Å². The van der Waals surface area contributed by atoms with E-state index >= 15 is 0 Å². The Labute approximate surface area is 88.7 Å². The second-order valence-electron chi connectivity index (χ2n) is 3.71. The van der Waals surface area contributed by atoms with Crippen molar-refractivity contribution in [2.24, 2.45) is 0 Å². The van der Waals surface area contributed by atoms with Crippen LogP contribution in [0.15, 0.2) is 0 Å². The van der Waals surface area contributed by atoms with E-state index in [1.165, 1.54) is 32.4 Å². The van der Waals surface area contributed by atoms with Gasteiger partial charge in [-0.1, -0.05) is 20.3 Å². The van der Waals surface area contributed by atoms with Crippen LogP contribution in [-0.2, 0) is 4.79 Å². The van der Waals surface area contributed by atoms with E-state index in [2.05, 4.69) is 4.90 Å². The number of rotatable bonds is 4. The molecule has 0 unspecified atom stereocenters. The Balaban J connectivity index is 0.000000791. The van der Waals surface area contributed by atoms with Gasteiger partial charge in [-0.25, -0.2) is 0 Å². The van der Waals surface area contributed by atoms with Crippen LogP contribution in [0.25, 0.3) is 0 Å². The predicted molar refractivity (Wildman–Crippen MR) is 61.6 cm³/mol. The first-order valence-corrected chi connectivity index (χ1v) is 6.01. The summed E-state index contributed by atoms with van der Waals surface area (Å²) in [6.07, 6.45) is 5.90. The van der Waals surface area contributed by atoms with Gasteiger partial charge in [-0.15, -0.1) is 0 Å². The molecule has 0 spiro atoms. The van der Waals surface area contributed by atoms with Gasteiger partial charge < -0.3 is 9.69 Å². The first kappa shape index (κ1) is 13.6. The monoisotopic (exact) mass is 199 g/mol. The molecule has 0 aliphatic carbocycles. The fourth-order valence-electron chi connectivity index (χ4n) is 1.73. The largest absolute Gasteiger partial charge is 0.303 e. The van der Waals surface area contributed by atoms with Crippen LogP contribution in [-0.4, -0.2) is 30.3 Å². The Morgan fingerprint density at radius 3 is 2.21 bits per heavy atom. The molecule has 1 heterocycles. The maximum absolute atomic E-state index is 10.7. The quantitative estimate of drug-likeness (QED) is 0.694. The Morgan fingerprint density at radius 2 is 1.71 bits per heavy atom.